The van der Waals surface area contributed by atoms with Gasteiger partial charge in [-0.2, -0.15) is 5.10 Å². The molecule has 0 aliphatic rings. The van der Waals surface area contributed by atoms with Crippen molar-refractivity contribution in [2.45, 2.75) is 40.8 Å². The predicted octanol–water partition coefficient (Wildman–Crippen LogP) is 3.69. The lowest BCUT2D eigenvalue weighted by Crippen LogP contribution is -2.40. The van der Waals surface area contributed by atoms with E-state index in [4.69, 9.17) is 21.1 Å². The molecule has 7 nitrogen and oxygen atoms in total. The number of carbonyl (C=O) groups excluding carboxylic acids is 2. The normalized spacial score (nSPS) is 13.1. The lowest BCUT2D eigenvalue weighted by molar-refractivity contribution is -0.159. The molecule has 0 N–H and O–H groups in total. The van der Waals surface area contributed by atoms with Crippen LogP contribution in [0.3, 0.4) is 0 Å². The molecule has 0 saturated heterocycles. The molecule has 0 spiro atoms. The summed E-state index contributed by atoms with van der Waals surface area (Å²) in [6.07, 6.45) is 1.66. The van der Waals surface area contributed by atoms with Crippen molar-refractivity contribution in [1.82, 2.24) is 14.8 Å². The lowest BCUT2D eigenvalue weighted by Gasteiger charge is -2.29. The molecular formula is C19H24ClN3O4. The van der Waals surface area contributed by atoms with E-state index in [9.17, 15) is 9.59 Å². The highest BCUT2D eigenvalue weighted by molar-refractivity contribution is 6.30. The minimum absolute atomic E-state index is 0.0723. The number of rotatable bonds is 7. The third-order valence-corrected chi connectivity index (χ3v) is 4.06. The summed E-state index contributed by atoms with van der Waals surface area (Å²) in [5.74, 6) is -0.223. The fraction of sp³-hybridized carbons (Fsp3) is 0.474. The molecule has 1 heterocycles. The Bertz CT molecular complexity index is 780. The number of halogens is 1. The molecule has 0 bridgehead atoms. The standard InChI is InChI=1S/C19H24ClN3O4/c1-18(2,3)17(25)26-10-19(4,5)15(24)16(23-12-21-11-22-23)27-14-8-6-13(20)7-9-14/h6-9,11-12,16H,10H2,1-5H3. The highest BCUT2D eigenvalue weighted by Gasteiger charge is 2.39. The topological polar surface area (TPSA) is 83.3 Å². The van der Waals surface area contributed by atoms with Crippen molar-refractivity contribution < 1.29 is 19.1 Å². The SMILES string of the molecule is CC(C)(C)C(=O)OCC(C)(C)C(=O)C(Oc1ccc(Cl)cc1)n1cncn1. The van der Waals surface area contributed by atoms with Gasteiger partial charge in [0.2, 0.25) is 5.78 Å². The van der Waals surface area contributed by atoms with Gasteiger partial charge in [0.1, 0.15) is 25.0 Å². The van der Waals surface area contributed by atoms with E-state index < -0.39 is 17.1 Å². The van der Waals surface area contributed by atoms with Gasteiger partial charge in [-0.15, -0.1) is 0 Å². The molecule has 2 rings (SSSR count). The summed E-state index contributed by atoms with van der Waals surface area (Å²) in [5.41, 5.74) is -1.64. The first-order chi connectivity index (χ1) is 12.5. The van der Waals surface area contributed by atoms with Crippen molar-refractivity contribution in [3.8, 4) is 5.75 Å². The average Bonchev–Trinajstić information content (AvgIpc) is 3.12. The van der Waals surface area contributed by atoms with Crippen LogP contribution in [0.1, 0.15) is 40.8 Å². The smallest absolute Gasteiger partial charge is 0.311 e. The number of Topliss-reactive ketones (excluding diaryl/α,β-unsaturated/α-hetero) is 1. The van der Waals surface area contributed by atoms with Crippen LogP contribution in [0.2, 0.25) is 5.02 Å². The monoisotopic (exact) mass is 393 g/mol. The number of nitrogens with zero attached hydrogens (tertiary/aromatic N) is 3. The van der Waals surface area contributed by atoms with Crippen LogP contribution in [0.25, 0.3) is 0 Å². The quantitative estimate of drug-likeness (QED) is 0.667. The van der Waals surface area contributed by atoms with Crippen LogP contribution >= 0.6 is 11.6 Å². The predicted molar refractivity (Wildman–Crippen MR) is 100 cm³/mol. The van der Waals surface area contributed by atoms with E-state index in [1.165, 1.54) is 17.3 Å². The molecule has 0 fully saturated rings. The molecule has 27 heavy (non-hydrogen) atoms. The highest BCUT2D eigenvalue weighted by Crippen LogP contribution is 2.28. The highest BCUT2D eigenvalue weighted by atomic mass is 35.5. The summed E-state index contributed by atoms with van der Waals surface area (Å²) in [5, 5.41) is 4.58. The number of hydrogen-bond acceptors (Lipinski definition) is 6. The molecule has 2 aromatic rings. The van der Waals surface area contributed by atoms with Gasteiger partial charge in [0.05, 0.1) is 10.8 Å². The van der Waals surface area contributed by atoms with Crippen molar-refractivity contribution in [3.05, 3.63) is 41.9 Å². The number of carbonyl (C=O) groups is 2. The van der Waals surface area contributed by atoms with Crippen LogP contribution in [0.4, 0.5) is 0 Å². The third-order valence-electron chi connectivity index (χ3n) is 3.81. The Morgan fingerprint density at radius 2 is 1.78 bits per heavy atom. The molecule has 146 valence electrons. The Balaban J connectivity index is 2.20. The van der Waals surface area contributed by atoms with Crippen molar-refractivity contribution in [2.24, 2.45) is 10.8 Å². The molecule has 8 heteroatoms. The van der Waals surface area contributed by atoms with E-state index in [-0.39, 0.29) is 18.4 Å². The molecule has 0 aliphatic carbocycles. The maximum absolute atomic E-state index is 13.2. The van der Waals surface area contributed by atoms with Crippen molar-refractivity contribution in [1.29, 1.82) is 0 Å². The van der Waals surface area contributed by atoms with E-state index in [1.54, 1.807) is 58.9 Å². The Kier molecular flexibility index (Phi) is 6.26. The van der Waals surface area contributed by atoms with Gasteiger partial charge in [0.15, 0.2) is 0 Å². The first-order valence-electron chi connectivity index (χ1n) is 8.48. The molecule has 1 aromatic heterocycles. The van der Waals surface area contributed by atoms with Crippen molar-refractivity contribution >= 4 is 23.4 Å². The third kappa shape index (κ3) is 5.53. The maximum atomic E-state index is 13.2. The zero-order valence-corrected chi connectivity index (χ0v) is 16.9. The Labute approximate surface area is 163 Å². The minimum atomic E-state index is -1.06. The fourth-order valence-electron chi connectivity index (χ4n) is 2.08. The van der Waals surface area contributed by atoms with Gasteiger partial charge in [-0.05, 0) is 58.9 Å². The second-order valence-corrected chi connectivity index (χ2v) is 8.31. The van der Waals surface area contributed by atoms with Crippen molar-refractivity contribution in [3.63, 3.8) is 0 Å². The van der Waals surface area contributed by atoms with E-state index in [2.05, 4.69) is 10.1 Å². The van der Waals surface area contributed by atoms with Gasteiger partial charge >= 0.3 is 5.97 Å². The van der Waals surface area contributed by atoms with Gasteiger partial charge in [-0.3, -0.25) is 9.59 Å². The van der Waals surface area contributed by atoms with E-state index in [0.29, 0.717) is 10.8 Å². The summed E-state index contributed by atoms with van der Waals surface area (Å²) in [6, 6.07) is 6.64. The van der Waals surface area contributed by atoms with Crippen LogP contribution in [0.15, 0.2) is 36.9 Å². The van der Waals surface area contributed by atoms with Gasteiger partial charge in [0.25, 0.3) is 6.23 Å². The van der Waals surface area contributed by atoms with Crippen LogP contribution < -0.4 is 4.74 Å². The van der Waals surface area contributed by atoms with E-state index in [1.807, 2.05) is 0 Å². The summed E-state index contributed by atoms with van der Waals surface area (Å²) < 4.78 is 12.5. The average molecular weight is 394 g/mol. The van der Waals surface area contributed by atoms with Gasteiger partial charge < -0.3 is 9.47 Å². The number of aromatic nitrogens is 3. The summed E-state index contributed by atoms with van der Waals surface area (Å²) in [6.45, 7) is 8.59. The fourth-order valence-corrected chi connectivity index (χ4v) is 2.20. The molecule has 1 unspecified atom stereocenters. The first-order valence-corrected chi connectivity index (χ1v) is 8.86. The van der Waals surface area contributed by atoms with Crippen LogP contribution in [-0.4, -0.2) is 33.1 Å². The minimum Gasteiger partial charge on any atom is -0.464 e. The first kappa shape index (κ1) is 20.9. The largest absolute Gasteiger partial charge is 0.464 e. The second kappa shape index (κ2) is 8.08. The zero-order valence-electron chi connectivity index (χ0n) is 16.1. The maximum Gasteiger partial charge on any atom is 0.311 e. The summed E-state index contributed by atoms with van der Waals surface area (Å²) in [7, 11) is 0. The molecule has 0 aliphatic heterocycles. The van der Waals surface area contributed by atoms with E-state index in [0.717, 1.165) is 0 Å². The van der Waals surface area contributed by atoms with E-state index >= 15 is 0 Å². The summed E-state index contributed by atoms with van der Waals surface area (Å²) >= 11 is 5.89. The van der Waals surface area contributed by atoms with Crippen LogP contribution in [0.5, 0.6) is 5.75 Å². The van der Waals surface area contributed by atoms with Gasteiger partial charge in [-0.25, -0.2) is 9.67 Å². The number of ketones is 1. The van der Waals surface area contributed by atoms with Gasteiger partial charge in [0, 0.05) is 5.02 Å². The van der Waals surface area contributed by atoms with Gasteiger partial charge in [-0.1, -0.05) is 11.6 Å². The number of benzene rings is 1. The molecule has 1 atom stereocenters. The molecule has 0 amide bonds. The number of hydrogen-bond donors (Lipinski definition) is 0. The van der Waals surface area contributed by atoms with Crippen LogP contribution in [-0.2, 0) is 14.3 Å². The molecule has 0 saturated carbocycles. The lowest BCUT2D eigenvalue weighted by atomic mass is 9.87. The molecule has 1 aromatic carbocycles. The number of ether oxygens (including phenoxy) is 2. The summed E-state index contributed by atoms with van der Waals surface area (Å²) in [4.78, 5) is 29.1. The van der Waals surface area contributed by atoms with Crippen molar-refractivity contribution in [2.75, 3.05) is 6.61 Å². The molecular weight excluding hydrogens is 370 g/mol. The Morgan fingerprint density at radius 1 is 1.15 bits per heavy atom. The van der Waals surface area contributed by atoms with Crippen LogP contribution in [0, 0.1) is 10.8 Å². The Morgan fingerprint density at radius 3 is 2.30 bits per heavy atom. The Hall–Kier alpha value is -2.41. The number of esters is 1. The molecule has 0 radical (unpaired) electrons. The second-order valence-electron chi connectivity index (χ2n) is 7.87. The zero-order chi connectivity index (χ0) is 20.2.